The van der Waals surface area contributed by atoms with Gasteiger partial charge in [0.25, 0.3) is 5.69 Å². The molecule has 2 aromatic rings. The molecule has 2 rings (SSSR count). The molecular weight excluding hydrogens is 334 g/mol. The lowest BCUT2D eigenvalue weighted by Gasteiger charge is -2.11. The second-order valence-corrected chi connectivity index (χ2v) is 5.66. The lowest BCUT2D eigenvalue weighted by molar-refractivity contribution is -0.384. The molecule has 0 fully saturated rings. The molecule has 0 saturated heterocycles. The van der Waals surface area contributed by atoms with Gasteiger partial charge in [0.1, 0.15) is 5.02 Å². The van der Waals surface area contributed by atoms with Crippen molar-refractivity contribution in [1.82, 2.24) is 0 Å². The van der Waals surface area contributed by atoms with E-state index in [1.165, 1.54) is 24.3 Å². The minimum atomic E-state index is -0.669. The van der Waals surface area contributed by atoms with Gasteiger partial charge in [-0.25, -0.2) is 4.79 Å². The number of benzene rings is 2. The Hall–Kier alpha value is -2.73. The van der Waals surface area contributed by atoms with Gasteiger partial charge in [-0.3, -0.25) is 14.9 Å². The van der Waals surface area contributed by atoms with Gasteiger partial charge < -0.3 is 4.74 Å². The molecule has 0 aliphatic rings. The van der Waals surface area contributed by atoms with E-state index >= 15 is 0 Å². The van der Waals surface area contributed by atoms with Crippen LogP contribution in [0.1, 0.15) is 40.1 Å². The highest BCUT2D eigenvalue weighted by atomic mass is 35.5. The Morgan fingerprint density at radius 1 is 1.12 bits per heavy atom. The Labute approximate surface area is 143 Å². The van der Waals surface area contributed by atoms with Crippen LogP contribution in [0.3, 0.4) is 0 Å². The van der Waals surface area contributed by atoms with Gasteiger partial charge in [-0.05, 0) is 32.0 Å². The monoisotopic (exact) mass is 347 g/mol. The normalized spacial score (nSPS) is 10.5. The molecule has 7 heteroatoms. The minimum absolute atomic E-state index is 0.0656. The topological polar surface area (TPSA) is 86.5 Å². The number of hydrogen-bond acceptors (Lipinski definition) is 5. The average Bonchev–Trinajstić information content (AvgIpc) is 2.53. The summed E-state index contributed by atoms with van der Waals surface area (Å²) in [6, 6.07) is 9.91. The van der Waals surface area contributed by atoms with Crippen LogP contribution in [0.4, 0.5) is 5.69 Å². The highest BCUT2D eigenvalue weighted by molar-refractivity contribution is 6.32. The molecule has 0 saturated carbocycles. The standard InChI is InChI=1S/C17H14ClNO5/c1-10(2)24-17(21)13-6-4-3-5-12(13)16(20)11-7-8-14(18)15(9-11)19(22)23/h3-10H,1-2H3. The van der Waals surface area contributed by atoms with Crippen LogP contribution in [0.2, 0.25) is 5.02 Å². The molecule has 24 heavy (non-hydrogen) atoms. The van der Waals surface area contributed by atoms with Crippen LogP contribution in [0.5, 0.6) is 0 Å². The van der Waals surface area contributed by atoms with Crippen molar-refractivity contribution < 1.29 is 19.2 Å². The summed E-state index contributed by atoms with van der Waals surface area (Å²) in [5, 5.41) is 10.9. The molecule has 0 heterocycles. The number of carbonyl (C=O) groups is 2. The van der Waals surface area contributed by atoms with Crippen LogP contribution in [0.25, 0.3) is 0 Å². The molecule has 0 bridgehead atoms. The summed E-state index contributed by atoms with van der Waals surface area (Å²) in [5.74, 6) is -1.15. The van der Waals surface area contributed by atoms with Crippen molar-refractivity contribution in [1.29, 1.82) is 0 Å². The Morgan fingerprint density at radius 3 is 2.33 bits per heavy atom. The Morgan fingerprint density at radius 2 is 1.75 bits per heavy atom. The van der Waals surface area contributed by atoms with Crippen LogP contribution in [0.15, 0.2) is 42.5 Å². The van der Waals surface area contributed by atoms with Crippen molar-refractivity contribution in [2.75, 3.05) is 0 Å². The number of hydrogen-bond donors (Lipinski definition) is 0. The van der Waals surface area contributed by atoms with Crippen molar-refractivity contribution in [2.24, 2.45) is 0 Å². The molecular formula is C17H14ClNO5. The van der Waals surface area contributed by atoms with Crippen LogP contribution < -0.4 is 0 Å². The number of esters is 1. The molecule has 0 aliphatic heterocycles. The third-order valence-corrected chi connectivity index (χ3v) is 3.46. The van der Waals surface area contributed by atoms with Crippen LogP contribution in [-0.4, -0.2) is 22.8 Å². The smallest absolute Gasteiger partial charge is 0.339 e. The first kappa shape index (κ1) is 17.6. The maximum absolute atomic E-state index is 12.7. The van der Waals surface area contributed by atoms with Gasteiger partial charge in [0.05, 0.1) is 16.6 Å². The molecule has 0 atom stereocenters. The molecule has 0 N–H and O–H groups in total. The van der Waals surface area contributed by atoms with Crippen molar-refractivity contribution in [2.45, 2.75) is 20.0 Å². The Kier molecular flexibility index (Phi) is 5.31. The fourth-order valence-electron chi connectivity index (χ4n) is 2.09. The summed E-state index contributed by atoms with van der Waals surface area (Å²) in [4.78, 5) is 35.1. The molecule has 124 valence electrons. The molecule has 0 spiro atoms. The zero-order valence-corrected chi connectivity index (χ0v) is 13.7. The zero-order chi connectivity index (χ0) is 17.9. The maximum atomic E-state index is 12.7. The SMILES string of the molecule is CC(C)OC(=O)c1ccccc1C(=O)c1ccc(Cl)c([N+](=O)[O-])c1. The van der Waals surface area contributed by atoms with Crippen LogP contribution in [0, 0.1) is 10.1 Å². The van der Waals surface area contributed by atoms with Crippen LogP contribution >= 0.6 is 11.6 Å². The fourth-order valence-corrected chi connectivity index (χ4v) is 2.27. The second-order valence-electron chi connectivity index (χ2n) is 5.25. The number of nitro groups is 1. The summed E-state index contributed by atoms with van der Waals surface area (Å²) in [6.07, 6.45) is -0.336. The average molecular weight is 348 g/mol. The van der Waals surface area contributed by atoms with Gasteiger partial charge in [-0.2, -0.15) is 0 Å². The number of halogens is 1. The van der Waals surface area contributed by atoms with Gasteiger partial charge in [0.15, 0.2) is 5.78 Å². The maximum Gasteiger partial charge on any atom is 0.339 e. The third-order valence-electron chi connectivity index (χ3n) is 3.14. The molecule has 6 nitrogen and oxygen atoms in total. The molecule has 0 amide bonds. The largest absolute Gasteiger partial charge is 0.459 e. The van der Waals surface area contributed by atoms with Gasteiger partial charge in [0, 0.05) is 17.2 Å². The first-order chi connectivity index (χ1) is 11.3. The van der Waals surface area contributed by atoms with Gasteiger partial charge in [-0.15, -0.1) is 0 Å². The predicted octanol–water partition coefficient (Wildman–Crippen LogP) is 4.04. The minimum Gasteiger partial charge on any atom is -0.459 e. The van der Waals surface area contributed by atoms with E-state index in [0.29, 0.717) is 0 Å². The molecule has 2 aromatic carbocycles. The summed E-state index contributed by atoms with van der Waals surface area (Å²) in [7, 11) is 0. The van der Waals surface area contributed by atoms with E-state index in [4.69, 9.17) is 16.3 Å². The number of ether oxygens (including phenoxy) is 1. The van der Waals surface area contributed by atoms with E-state index in [9.17, 15) is 19.7 Å². The van der Waals surface area contributed by atoms with Gasteiger partial charge in [0.2, 0.25) is 0 Å². The second kappa shape index (κ2) is 7.23. The van der Waals surface area contributed by atoms with E-state index < -0.39 is 16.7 Å². The quantitative estimate of drug-likeness (QED) is 0.352. The van der Waals surface area contributed by atoms with Crippen molar-refractivity contribution in [3.8, 4) is 0 Å². The van der Waals surface area contributed by atoms with E-state index in [0.717, 1.165) is 6.07 Å². The highest BCUT2D eigenvalue weighted by Crippen LogP contribution is 2.27. The molecule has 0 radical (unpaired) electrons. The summed E-state index contributed by atoms with van der Waals surface area (Å²) in [6.45, 7) is 3.40. The highest BCUT2D eigenvalue weighted by Gasteiger charge is 2.22. The van der Waals surface area contributed by atoms with Gasteiger partial charge >= 0.3 is 5.97 Å². The summed E-state index contributed by atoms with van der Waals surface area (Å²) < 4.78 is 5.12. The van der Waals surface area contributed by atoms with Crippen molar-refractivity contribution in [3.63, 3.8) is 0 Å². The molecule has 0 unspecified atom stereocenters. The number of nitrogens with zero attached hydrogens (tertiary/aromatic N) is 1. The molecule has 0 aromatic heterocycles. The Bertz CT molecular complexity index is 816. The predicted molar refractivity (Wildman–Crippen MR) is 88.5 cm³/mol. The van der Waals surface area contributed by atoms with E-state index in [-0.39, 0.29) is 33.5 Å². The number of ketones is 1. The lowest BCUT2D eigenvalue weighted by Crippen LogP contribution is -2.16. The summed E-state index contributed by atoms with van der Waals surface area (Å²) in [5.41, 5.74) is -0.0887. The first-order valence-electron chi connectivity index (χ1n) is 7.10. The van der Waals surface area contributed by atoms with Crippen LogP contribution in [-0.2, 0) is 4.74 Å². The third kappa shape index (κ3) is 3.78. The lowest BCUT2D eigenvalue weighted by atomic mass is 9.98. The fraction of sp³-hybridized carbons (Fsp3) is 0.176. The number of rotatable bonds is 5. The van der Waals surface area contributed by atoms with E-state index in [1.54, 1.807) is 26.0 Å². The van der Waals surface area contributed by atoms with Crippen molar-refractivity contribution in [3.05, 3.63) is 74.3 Å². The molecule has 0 aliphatic carbocycles. The van der Waals surface area contributed by atoms with E-state index in [2.05, 4.69) is 0 Å². The van der Waals surface area contributed by atoms with Gasteiger partial charge in [-0.1, -0.05) is 29.8 Å². The number of carbonyl (C=O) groups excluding carboxylic acids is 2. The number of nitro benzene ring substituents is 1. The van der Waals surface area contributed by atoms with E-state index in [1.807, 2.05) is 0 Å². The Balaban J connectivity index is 2.46. The van der Waals surface area contributed by atoms with Crippen molar-refractivity contribution >= 4 is 29.0 Å². The first-order valence-corrected chi connectivity index (χ1v) is 7.47. The zero-order valence-electron chi connectivity index (χ0n) is 13.0. The summed E-state index contributed by atoms with van der Waals surface area (Å²) >= 11 is 5.75.